The van der Waals surface area contributed by atoms with E-state index in [1.54, 1.807) is 7.11 Å². The van der Waals surface area contributed by atoms with Crippen molar-refractivity contribution in [3.05, 3.63) is 65.6 Å². The highest BCUT2D eigenvalue weighted by atomic mass is 16.5. The molecule has 0 aliphatic rings. The molecule has 0 bridgehead atoms. The minimum Gasteiger partial charge on any atom is -0.497 e. The summed E-state index contributed by atoms with van der Waals surface area (Å²) in [4.78, 5) is 16.6. The van der Waals surface area contributed by atoms with Crippen molar-refractivity contribution in [1.82, 2.24) is 14.7 Å². The third-order valence-corrected chi connectivity index (χ3v) is 3.96. The molecule has 2 aromatic heterocycles. The quantitative estimate of drug-likeness (QED) is 0.758. The second-order valence-corrected chi connectivity index (χ2v) is 5.78. The predicted octanol–water partition coefficient (Wildman–Crippen LogP) is 2.55. The Morgan fingerprint density at radius 3 is 2.75 bits per heavy atom. The zero-order valence-electron chi connectivity index (χ0n) is 14.0. The van der Waals surface area contributed by atoms with Crippen molar-refractivity contribution in [2.24, 2.45) is 0 Å². The van der Waals surface area contributed by atoms with Gasteiger partial charge in [0.1, 0.15) is 11.4 Å². The third-order valence-electron chi connectivity index (χ3n) is 3.96. The topological polar surface area (TPSA) is 55.6 Å². The van der Waals surface area contributed by atoms with Crippen molar-refractivity contribution >= 4 is 11.6 Å². The van der Waals surface area contributed by atoms with Crippen LogP contribution < -0.4 is 10.1 Å². The van der Waals surface area contributed by atoms with Crippen LogP contribution in [0.4, 0.5) is 0 Å². The smallest absolute Gasteiger partial charge is 0.226 e. The van der Waals surface area contributed by atoms with Gasteiger partial charge in [-0.3, -0.25) is 4.79 Å². The lowest BCUT2D eigenvalue weighted by Gasteiger charge is -2.05. The van der Waals surface area contributed by atoms with Gasteiger partial charge in [-0.05, 0) is 42.7 Å². The lowest BCUT2D eigenvalue weighted by molar-refractivity contribution is -0.120. The van der Waals surface area contributed by atoms with Crippen LogP contribution in [0.25, 0.3) is 5.65 Å². The third kappa shape index (κ3) is 3.74. The summed E-state index contributed by atoms with van der Waals surface area (Å²) in [5.74, 6) is 0.828. The molecule has 0 saturated carbocycles. The Labute approximate surface area is 141 Å². The van der Waals surface area contributed by atoms with Gasteiger partial charge in [-0.25, -0.2) is 4.98 Å². The van der Waals surface area contributed by atoms with Crippen molar-refractivity contribution in [2.45, 2.75) is 19.8 Å². The summed E-state index contributed by atoms with van der Waals surface area (Å²) in [5.41, 5.74) is 3.95. The van der Waals surface area contributed by atoms with Crippen molar-refractivity contribution in [3.8, 4) is 5.75 Å². The first-order chi connectivity index (χ1) is 11.7. The number of carbonyl (C=O) groups is 1. The minimum atomic E-state index is -0.00966. The molecule has 0 aliphatic carbocycles. The fourth-order valence-electron chi connectivity index (χ4n) is 2.66. The normalized spacial score (nSPS) is 10.8. The van der Waals surface area contributed by atoms with E-state index in [0.717, 1.165) is 29.1 Å². The van der Waals surface area contributed by atoms with Crippen LogP contribution in [0, 0.1) is 6.92 Å². The molecule has 5 heteroatoms. The Bertz CT molecular complexity index is 837. The first-order valence-electron chi connectivity index (χ1n) is 7.98. The molecule has 3 rings (SSSR count). The van der Waals surface area contributed by atoms with Crippen LogP contribution in [0.15, 0.2) is 48.8 Å². The van der Waals surface area contributed by atoms with Gasteiger partial charge in [0.05, 0.1) is 19.2 Å². The molecule has 0 fully saturated rings. The van der Waals surface area contributed by atoms with Gasteiger partial charge < -0.3 is 14.5 Å². The average Bonchev–Trinajstić information content (AvgIpc) is 2.99. The molecule has 124 valence electrons. The van der Waals surface area contributed by atoms with Gasteiger partial charge in [-0.15, -0.1) is 0 Å². The molecule has 0 unspecified atom stereocenters. The summed E-state index contributed by atoms with van der Waals surface area (Å²) in [6.45, 7) is 2.62. The summed E-state index contributed by atoms with van der Waals surface area (Å²) in [5, 5.41) is 2.95. The first-order valence-corrected chi connectivity index (χ1v) is 7.98. The number of rotatable bonds is 6. The van der Waals surface area contributed by atoms with Crippen molar-refractivity contribution in [1.29, 1.82) is 0 Å². The van der Waals surface area contributed by atoms with Crippen molar-refractivity contribution in [3.63, 3.8) is 0 Å². The largest absolute Gasteiger partial charge is 0.497 e. The zero-order chi connectivity index (χ0) is 16.9. The van der Waals surface area contributed by atoms with E-state index in [2.05, 4.69) is 10.3 Å². The number of nitrogens with one attached hydrogen (secondary N) is 1. The number of aryl methyl sites for hydroxylation is 1. The number of aromatic nitrogens is 2. The molecule has 1 amide bonds. The number of hydrogen-bond donors (Lipinski definition) is 1. The molecule has 1 N–H and O–H groups in total. The van der Waals surface area contributed by atoms with Crippen LogP contribution in [-0.4, -0.2) is 28.9 Å². The number of ether oxygens (including phenoxy) is 1. The first kappa shape index (κ1) is 16.1. The monoisotopic (exact) mass is 323 g/mol. The predicted molar refractivity (Wildman–Crippen MR) is 93.3 cm³/mol. The lowest BCUT2D eigenvalue weighted by Crippen LogP contribution is -2.27. The second kappa shape index (κ2) is 7.17. The molecular formula is C19H21N3O2. The van der Waals surface area contributed by atoms with Crippen LogP contribution in [0.3, 0.4) is 0 Å². The van der Waals surface area contributed by atoms with Gasteiger partial charge in [-0.1, -0.05) is 18.2 Å². The number of nitrogens with zero attached hydrogens (tertiary/aromatic N) is 2. The van der Waals surface area contributed by atoms with Gasteiger partial charge in [0, 0.05) is 18.9 Å². The molecule has 24 heavy (non-hydrogen) atoms. The van der Waals surface area contributed by atoms with Gasteiger partial charge in [0.25, 0.3) is 0 Å². The molecule has 0 aliphatic heterocycles. The number of pyridine rings is 1. The summed E-state index contributed by atoms with van der Waals surface area (Å²) in [6, 6.07) is 11.9. The summed E-state index contributed by atoms with van der Waals surface area (Å²) in [7, 11) is 1.65. The number of benzene rings is 1. The van der Waals surface area contributed by atoms with Gasteiger partial charge in [0.15, 0.2) is 0 Å². The highest BCUT2D eigenvalue weighted by molar-refractivity contribution is 5.78. The second-order valence-electron chi connectivity index (χ2n) is 5.78. The molecule has 0 saturated heterocycles. The number of amides is 1. The Morgan fingerprint density at radius 1 is 1.25 bits per heavy atom. The average molecular weight is 323 g/mol. The molecule has 1 aromatic carbocycles. The summed E-state index contributed by atoms with van der Waals surface area (Å²) >= 11 is 0. The van der Waals surface area contributed by atoms with E-state index in [4.69, 9.17) is 4.74 Å². The maximum absolute atomic E-state index is 12.1. The van der Waals surface area contributed by atoms with E-state index >= 15 is 0 Å². The highest BCUT2D eigenvalue weighted by Crippen LogP contribution is 2.12. The molecule has 0 spiro atoms. The Hall–Kier alpha value is -2.82. The van der Waals surface area contributed by atoms with E-state index in [9.17, 15) is 4.79 Å². The molecule has 5 nitrogen and oxygen atoms in total. The van der Waals surface area contributed by atoms with Crippen LogP contribution in [0.5, 0.6) is 5.75 Å². The SMILES string of the molecule is COc1ccc(CCNC(=O)Cc2cn3cccc(C)c3n2)cc1. The van der Waals surface area contributed by atoms with Crippen LogP contribution in [-0.2, 0) is 17.6 Å². The van der Waals surface area contributed by atoms with E-state index in [-0.39, 0.29) is 5.91 Å². The Balaban J connectivity index is 1.52. The molecule has 0 radical (unpaired) electrons. The number of methoxy groups -OCH3 is 1. The van der Waals surface area contributed by atoms with E-state index < -0.39 is 0 Å². The number of imidazole rings is 1. The number of carbonyl (C=O) groups excluding carboxylic acids is 1. The molecule has 2 heterocycles. The van der Waals surface area contributed by atoms with Crippen molar-refractivity contribution < 1.29 is 9.53 Å². The Morgan fingerprint density at radius 2 is 2.04 bits per heavy atom. The fourth-order valence-corrected chi connectivity index (χ4v) is 2.66. The maximum atomic E-state index is 12.1. The standard InChI is InChI=1S/C19H21N3O2/c1-14-4-3-11-22-13-16(21-19(14)22)12-18(23)20-10-9-15-5-7-17(24-2)8-6-15/h3-8,11,13H,9-10,12H2,1-2H3,(H,20,23). The van der Waals surface area contributed by atoms with E-state index in [1.807, 2.05) is 60.1 Å². The fraction of sp³-hybridized carbons (Fsp3) is 0.263. The zero-order valence-corrected chi connectivity index (χ0v) is 14.0. The lowest BCUT2D eigenvalue weighted by atomic mass is 10.1. The molecule has 0 atom stereocenters. The van der Waals surface area contributed by atoms with E-state index in [0.29, 0.717) is 13.0 Å². The number of hydrogen-bond acceptors (Lipinski definition) is 3. The van der Waals surface area contributed by atoms with Crippen molar-refractivity contribution in [2.75, 3.05) is 13.7 Å². The Kier molecular flexibility index (Phi) is 4.79. The minimum absolute atomic E-state index is 0.00966. The van der Waals surface area contributed by atoms with Gasteiger partial charge >= 0.3 is 0 Å². The highest BCUT2D eigenvalue weighted by Gasteiger charge is 2.08. The van der Waals surface area contributed by atoms with Gasteiger partial charge in [-0.2, -0.15) is 0 Å². The summed E-state index contributed by atoms with van der Waals surface area (Å²) in [6.07, 6.45) is 4.94. The van der Waals surface area contributed by atoms with Crippen LogP contribution >= 0.6 is 0 Å². The number of fused-ring (bicyclic) bond motifs is 1. The van der Waals surface area contributed by atoms with Crippen LogP contribution in [0.2, 0.25) is 0 Å². The molecular weight excluding hydrogens is 302 g/mol. The maximum Gasteiger partial charge on any atom is 0.226 e. The molecule has 3 aromatic rings. The summed E-state index contributed by atoms with van der Waals surface area (Å²) < 4.78 is 7.09. The van der Waals surface area contributed by atoms with Gasteiger partial charge in [0.2, 0.25) is 5.91 Å². The van der Waals surface area contributed by atoms with Crippen LogP contribution in [0.1, 0.15) is 16.8 Å². The van der Waals surface area contributed by atoms with E-state index in [1.165, 1.54) is 5.56 Å².